The summed E-state index contributed by atoms with van der Waals surface area (Å²) >= 11 is 0. The molecule has 0 aromatic heterocycles. The molecule has 0 fully saturated rings. The van der Waals surface area contributed by atoms with E-state index in [1.165, 1.54) is 22.3 Å². The SMILES string of the molecule is CC(C)N(C(=O)C1=CC2c3ccccc3C1c1ccccc12)C(C)C. The number of carbonyl (C=O) groups is 1. The molecule has 5 rings (SSSR count). The molecular weight excluding hydrogens is 306 g/mol. The van der Waals surface area contributed by atoms with Crippen LogP contribution in [0.2, 0.25) is 0 Å². The van der Waals surface area contributed by atoms with E-state index in [4.69, 9.17) is 0 Å². The van der Waals surface area contributed by atoms with Gasteiger partial charge in [0.1, 0.15) is 0 Å². The molecule has 0 N–H and O–H groups in total. The summed E-state index contributed by atoms with van der Waals surface area (Å²) in [5.41, 5.74) is 6.24. The summed E-state index contributed by atoms with van der Waals surface area (Å²) in [4.78, 5) is 15.5. The van der Waals surface area contributed by atoms with Gasteiger partial charge in [0.25, 0.3) is 5.91 Å². The molecule has 0 saturated heterocycles. The molecule has 0 heterocycles. The van der Waals surface area contributed by atoms with Gasteiger partial charge in [-0.2, -0.15) is 0 Å². The molecule has 25 heavy (non-hydrogen) atoms. The summed E-state index contributed by atoms with van der Waals surface area (Å²) in [7, 11) is 0. The quantitative estimate of drug-likeness (QED) is 0.787. The van der Waals surface area contributed by atoms with Crippen LogP contribution in [0.15, 0.2) is 60.2 Å². The van der Waals surface area contributed by atoms with Crippen molar-refractivity contribution in [2.75, 3.05) is 0 Å². The Kier molecular flexibility index (Phi) is 3.79. The first-order valence-electron chi connectivity index (χ1n) is 9.22. The van der Waals surface area contributed by atoms with E-state index in [9.17, 15) is 4.79 Å². The maximum absolute atomic E-state index is 13.4. The van der Waals surface area contributed by atoms with Crippen molar-refractivity contribution in [3.05, 3.63) is 82.4 Å². The van der Waals surface area contributed by atoms with Crippen molar-refractivity contribution >= 4 is 5.91 Å². The second kappa shape index (κ2) is 5.87. The van der Waals surface area contributed by atoms with E-state index < -0.39 is 0 Å². The second-order valence-corrected chi connectivity index (χ2v) is 7.69. The number of amides is 1. The minimum atomic E-state index is 0.0601. The Morgan fingerprint density at radius 2 is 1.24 bits per heavy atom. The standard InChI is InChI=1S/C23H25NO/c1-14(2)24(15(3)4)23(25)21-13-20-16-9-5-7-11-18(16)22(21)19-12-8-6-10-17(19)20/h5-15,20,22H,1-4H3. The number of rotatable bonds is 3. The number of allylic oxidation sites excluding steroid dienone is 1. The van der Waals surface area contributed by atoms with Gasteiger partial charge < -0.3 is 4.90 Å². The maximum atomic E-state index is 13.4. The average Bonchev–Trinajstić information content (AvgIpc) is 2.61. The van der Waals surface area contributed by atoms with Gasteiger partial charge in [0.15, 0.2) is 0 Å². The minimum Gasteiger partial charge on any atom is -0.334 e. The fourth-order valence-corrected chi connectivity index (χ4v) is 4.65. The Balaban J connectivity index is 1.86. The Bertz CT molecular complexity index is 806. The molecule has 3 aliphatic rings. The van der Waals surface area contributed by atoms with Crippen LogP contribution in [0, 0.1) is 0 Å². The Morgan fingerprint density at radius 3 is 1.68 bits per heavy atom. The molecule has 0 aliphatic heterocycles. The molecule has 2 nitrogen and oxygen atoms in total. The fraction of sp³-hybridized carbons (Fsp3) is 0.348. The third kappa shape index (κ3) is 2.35. The molecule has 1 amide bonds. The maximum Gasteiger partial charge on any atom is 0.250 e. The van der Waals surface area contributed by atoms with Crippen molar-refractivity contribution in [1.29, 1.82) is 0 Å². The van der Waals surface area contributed by atoms with Crippen LogP contribution in [0.4, 0.5) is 0 Å². The summed E-state index contributed by atoms with van der Waals surface area (Å²) in [6, 6.07) is 17.6. The zero-order valence-electron chi connectivity index (χ0n) is 15.4. The number of hydrogen-bond donors (Lipinski definition) is 0. The van der Waals surface area contributed by atoms with Crippen LogP contribution >= 0.6 is 0 Å². The number of benzene rings is 2. The van der Waals surface area contributed by atoms with Gasteiger partial charge in [0, 0.05) is 29.5 Å². The molecule has 128 valence electrons. The van der Waals surface area contributed by atoms with E-state index in [1.54, 1.807) is 0 Å². The molecule has 2 aromatic rings. The van der Waals surface area contributed by atoms with Gasteiger partial charge in [0.05, 0.1) is 0 Å². The van der Waals surface area contributed by atoms with Crippen LogP contribution in [0.3, 0.4) is 0 Å². The normalized spacial score (nSPS) is 20.3. The highest BCUT2D eigenvalue weighted by Crippen LogP contribution is 2.52. The van der Waals surface area contributed by atoms with Gasteiger partial charge in [0.2, 0.25) is 0 Å². The van der Waals surface area contributed by atoms with Crippen LogP contribution in [0.1, 0.15) is 61.8 Å². The lowest BCUT2D eigenvalue weighted by atomic mass is 9.64. The lowest BCUT2D eigenvalue weighted by Gasteiger charge is -2.42. The summed E-state index contributed by atoms with van der Waals surface area (Å²) in [5, 5.41) is 0. The van der Waals surface area contributed by atoms with Crippen molar-refractivity contribution in [2.24, 2.45) is 0 Å². The predicted molar refractivity (Wildman–Crippen MR) is 102 cm³/mol. The summed E-state index contributed by atoms with van der Waals surface area (Å²) in [6.07, 6.45) is 2.22. The van der Waals surface area contributed by atoms with Crippen molar-refractivity contribution < 1.29 is 4.79 Å². The zero-order chi connectivity index (χ0) is 17.7. The van der Waals surface area contributed by atoms with Gasteiger partial charge in [-0.15, -0.1) is 0 Å². The van der Waals surface area contributed by atoms with Gasteiger partial charge in [-0.05, 0) is 49.9 Å². The van der Waals surface area contributed by atoms with E-state index in [2.05, 4.69) is 82.3 Å². The molecule has 2 bridgehead atoms. The van der Waals surface area contributed by atoms with Crippen LogP contribution in [0.25, 0.3) is 0 Å². The Labute approximate surface area is 150 Å². The molecule has 0 saturated carbocycles. The lowest BCUT2D eigenvalue weighted by Crippen LogP contribution is -2.45. The fourth-order valence-electron chi connectivity index (χ4n) is 4.65. The number of nitrogens with zero attached hydrogens (tertiary/aromatic N) is 1. The van der Waals surface area contributed by atoms with Crippen LogP contribution in [-0.2, 0) is 4.79 Å². The first kappa shape index (κ1) is 16.1. The van der Waals surface area contributed by atoms with E-state index >= 15 is 0 Å². The smallest absolute Gasteiger partial charge is 0.250 e. The zero-order valence-corrected chi connectivity index (χ0v) is 15.4. The van der Waals surface area contributed by atoms with Gasteiger partial charge in [-0.3, -0.25) is 4.79 Å². The van der Waals surface area contributed by atoms with Crippen LogP contribution in [-0.4, -0.2) is 22.9 Å². The van der Waals surface area contributed by atoms with E-state index in [0.717, 1.165) is 5.57 Å². The molecule has 0 unspecified atom stereocenters. The topological polar surface area (TPSA) is 20.3 Å². The number of hydrogen-bond acceptors (Lipinski definition) is 1. The lowest BCUT2D eigenvalue weighted by molar-refractivity contribution is -0.130. The summed E-state index contributed by atoms with van der Waals surface area (Å²) in [5.74, 6) is 0.437. The van der Waals surface area contributed by atoms with Gasteiger partial charge in [-0.25, -0.2) is 0 Å². The van der Waals surface area contributed by atoms with Crippen molar-refractivity contribution in [1.82, 2.24) is 4.90 Å². The number of carbonyl (C=O) groups excluding carboxylic acids is 1. The van der Waals surface area contributed by atoms with Crippen LogP contribution in [0.5, 0.6) is 0 Å². The van der Waals surface area contributed by atoms with Crippen molar-refractivity contribution in [3.63, 3.8) is 0 Å². The third-order valence-electron chi connectivity index (χ3n) is 5.54. The van der Waals surface area contributed by atoms with Gasteiger partial charge >= 0.3 is 0 Å². The molecule has 0 atom stereocenters. The summed E-state index contributed by atoms with van der Waals surface area (Å²) in [6.45, 7) is 8.39. The first-order valence-corrected chi connectivity index (χ1v) is 9.22. The molecular formula is C23H25NO. The third-order valence-corrected chi connectivity index (χ3v) is 5.54. The molecule has 0 radical (unpaired) electrons. The molecule has 0 spiro atoms. The van der Waals surface area contributed by atoms with Crippen LogP contribution < -0.4 is 0 Å². The second-order valence-electron chi connectivity index (χ2n) is 7.69. The largest absolute Gasteiger partial charge is 0.334 e. The first-order chi connectivity index (χ1) is 12.0. The molecule has 2 aromatic carbocycles. The van der Waals surface area contributed by atoms with Crippen molar-refractivity contribution in [3.8, 4) is 0 Å². The molecule has 2 heteroatoms. The Morgan fingerprint density at radius 1 is 0.800 bits per heavy atom. The van der Waals surface area contributed by atoms with Gasteiger partial charge in [-0.1, -0.05) is 54.6 Å². The monoisotopic (exact) mass is 331 g/mol. The highest BCUT2D eigenvalue weighted by atomic mass is 16.2. The minimum absolute atomic E-state index is 0.0601. The van der Waals surface area contributed by atoms with E-state index in [-0.39, 0.29) is 29.8 Å². The summed E-state index contributed by atoms with van der Waals surface area (Å²) < 4.78 is 0. The highest BCUT2D eigenvalue weighted by Gasteiger charge is 2.41. The highest BCUT2D eigenvalue weighted by molar-refractivity contribution is 5.98. The van der Waals surface area contributed by atoms with E-state index in [1.807, 2.05) is 4.90 Å². The average molecular weight is 331 g/mol. The van der Waals surface area contributed by atoms with E-state index in [0.29, 0.717) is 0 Å². The van der Waals surface area contributed by atoms with Crippen molar-refractivity contribution in [2.45, 2.75) is 51.6 Å². The Hall–Kier alpha value is -2.35. The predicted octanol–water partition coefficient (Wildman–Crippen LogP) is 4.85. The molecule has 3 aliphatic carbocycles.